The molecule has 0 aliphatic heterocycles. The minimum Gasteiger partial charge on any atom is -0.748 e. The van der Waals surface area contributed by atoms with Crippen LogP contribution in [-0.2, 0) is 196 Å². The molecule has 59 heteroatoms. The number of phenols is 3. The Morgan fingerprint density at radius 3 is 1.16 bits per heavy atom. The lowest BCUT2D eigenvalue weighted by molar-refractivity contribution is -0.200. The van der Waals surface area contributed by atoms with Gasteiger partial charge in [0.05, 0.1) is 234 Å². The average molecular weight is 2050 g/mol. The molecule has 3 atom stereocenters. The van der Waals surface area contributed by atoms with Gasteiger partial charge in [0.15, 0.2) is 16.7 Å². The van der Waals surface area contributed by atoms with Crippen molar-refractivity contribution in [2.45, 2.75) is 170 Å². The number of ether oxygens (including phenoxy) is 7. The molecule has 0 saturated heterocycles. The molecular weight excluding hydrogens is 1970 g/mol. The highest BCUT2D eigenvalue weighted by atomic mass is 32.2. The predicted octanol–water partition coefficient (Wildman–Crippen LogP) is -0.199. The highest BCUT2D eigenvalue weighted by Gasteiger charge is 2.64. The molecule has 4 aliphatic carbocycles. The molecule has 144 heavy (non-hydrogen) atoms. The molecule has 5 N–H and O–H groups in total. The molecule has 4 saturated carbocycles. The number of hydrogen-bond acceptors (Lipinski definition) is 34. The number of carbonyl (C=O) groups excluding carboxylic acids is 7. The Balaban J connectivity index is 0.000000325. The summed E-state index contributed by atoms with van der Waals surface area (Å²) in [4.78, 5) is 112. The number of carboxylic acids is 2. The van der Waals surface area contributed by atoms with Crippen LogP contribution in [0.3, 0.4) is 0 Å². The van der Waals surface area contributed by atoms with Gasteiger partial charge in [0.1, 0.15) is 60.6 Å². The van der Waals surface area contributed by atoms with Crippen LogP contribution in [0.15, 0.2) is 48.5 Å². The minimum atomic E-state index is -6.06. The standard InChI is InChI=1S/C25H26B4F2O9S.C21H18B4O9S.C16H21B3O6S.C12H13B3O6S.C11H12B2O6S/c26-6-14-15(7-27)17(9-29)19(18(20(32)33)16(14)8-28)21(34)40-24-4-12-1-13(5-24)3-23(2-12,10-24)22(35)39-11-25(30,31)41(36,37)38;22-7-13-14(8-23)16(10-25)18(17(19(26)27)15(13)9-24)21(29)34-12-3-1-11(2-4-12)20(28)33-5-6-35(30,31)32;1-2-10(16(21)25-3-4-26(22,23)24)6-13-11(7-17)5-12(8-18)15(20)14(13)9-19;13-4-7-3-8(5-14)11(16)9(6-15)10(7)12(17)21-1-2-22(18,19)20;12-5-7-3-8(6-13)10(14)9(4-7)11(15)19-1-2-20(16,17)18/h12-13H,1-11H2,(H,32,33)(H,36,37,38);1-4H,5-10H2,(H,26,27)(H,30,31,32);5,10,20H,2-4,6-9H2,1H3,(H,22,23,24);3,16H,1-2,4-6H2,(H,18,19,20);3-4,14H,1-2,5-6H2,(H,16,17,18)/p-5. The molecule has 4 bridgehead atoms. The molecule has 0 amide bonds. The molecule has 36 nitrogen and oxygen atoms in total. The van der Waals surface area contributed by atoms with Gasteiger partial charge in [-0.15, -0.1) is 0 Å². The summed E-state index contributed by atoms with van der Waals surface area (Å²) in [5, 5.41) is 45.3. The lowest BCUT2D eigenvalue weighted by Gasteiger charge is -2.59. The van der Waals surface area contributed by atoms with E-state index in [9.17, 15) is 142 Å². The number of halogens is 2. The molecule has 6 aromatic rings. The maximum absolute atomic E-state index is 13.8. The summed E-state index contributed by atoms with van der Waals surface area (Å²) >= 11 is 0. The van der Waals surface area contributed by atoms with Crippen molar-refractivity contribution in [1.29, 1.82) is 0 Å². The van der Waals surface area contributed by atoms with Gasteiger partial charge in [0.2, 0.25) is 0 Å². The van der Waals surface area contributed by atoms with Crippen LogP contribution in [0.2, 0.25) is 0 Å². The molecule has 738 valence electrons. The monoisotopic (exact) mass is 2060 g/mol. The maximum Gasteiger partial charge on any atom is 0.367 e. The van der Waals surface area contributed by atoms with Gasteiger partial charge in [-0.05, 0) is 143 Å². The van der Waals surface area contributed by atoms with Crippen molar-refractivity contribution in [2.75, 3.05) is 56.0 Å². The fraction of sp³-hybridized carbons (Fsp3) is 0.471. The smallest absolute Gasteiger partial charge is 0.367 e. The highest BCUT2D eigenvalue weighted by Crippen LogP contribution is 2.64. The van der Waals surface area contributed by atoms with E-state index in [2.05, 4.69) is 9.47 Å². The maximum atomic E-state index is 13.8. The number of aromatic hydroxyl groups is 3. The summed E-state index contributed by atoms with van der Waals surface area (Å²) in [6, 6.07) is 10.9. The van der Waals surface area contributed by atoms with E-state index in [1.54, 1.807) is 19.1 Å². The van der Waals surface area contributed by atoms with Crippen LogP contribution in [0.25, 0.3) is 0 Å². The first-order chi connectivity index (χ1) is 67.3. The Morgan fingerprint density at radius 2 is 0.778 bits per heavy atom. The number of alkyl halides is 2. The van der Waals surface area contributed by atoms with E-state index >= 15 is 0 Å². The van der Waals surface area contributed by atoms with Crippen LogP contribution in [0.4, 0.5) is 8.78 Å². The zero-order valence-electron chi connectivity index (χ0n) is 77.6. The van der Waals surface area contributed by atoms with Gasteiger partial charge in [0, 0.05) is 12.0 Å². The van der Waals surface area contributed by atoms with Crippen molar-refractivity contribution in [3.63, 3.8) is 0 Å². The number of phenolic OH excluding ortho intramolecular Hbond substituents is 3. The number of aromatic carboxylic acids is 2. The van der Waals surface area contributed by atoms with E-state index in [0.29, 0.717) is 86.9 Å². The van der Waals surface area contributed by atoms with Crippen molar-refractivity contribution >= 4 is 230 Å². The summed E-state index contributed by atoms with van der Waals surface area (Å²) in [5.41, 5.74) is 1.98. The van der Waals surface area contributed by atoms with Gasteiger partial charge in [0.25, 0.3) is 0 Å². The van der Waals surface area contributed by atoms with Crippen molar-refractivity contribution in [2.24, 2.45) is 23.2 Å². The summed E-state index contributed by atoms with van der Waals surface area (Å²) in [7, 11) is 67.5. The third-order valence-electron chi connectivity index (χ3n) is 23.4. The predicted molar refractivity (Wildman–Crippen MR) is 522 cm³/mol. The molecule has 4 aliphatic rings. The Kier molecular flexibility index (Phi) is 47.6. The van der Waals surface area contributed by atoms with E-state index in [1.165, 1.54) is 36.4 Å². The highest BCUT2D eigenvalue weighted by molar-refractivity contribution is 7.87. The summed E-state index contributed by atoms with van der Waals surface area (Å²) < 4.78 is 221. The first-order valence-electron chi connectivity index (χ1n) is 43.4. The van der Waals surface area contributed by atoms with Crippen molar-refractivity contribution < 1.29 is 175 Å². The van der Waals surface area contributed by atoms with E-state index in [4.69, 9.17) is 149 Å². The lowest BCUT2D eigenvalue weighted by Crippen LogP contribution is -2.60. The third-order valence-corrected chi connectivity index (χ3v) is 26.9. The van der Waals surface area contributed by atoms with Crippen molar-refractivity contribution in [3.8, 4) is 23.0 Å². The number of benzene rings is 6. The zero-order valence-corrected chi connectivity index (χ0v) is 81.7. The lowest BCUT2D eigenvalue weighted by atomic mass is 9.48. The van der Waals surface area contributed by atoms with Crippen LogP contribution in [0.5, 0.6) is 23.0 Å². The largest absolute Gasteiger partial charge is 0.748 e. The molecule has 4 fully saturated rings. The van der Waals surface area contributed by atoms with E-state index < -0.39 is 188 Å². The number of rotatable bonds is 45. The second kappa shape index (κ2) is 54.9. The summed E-state index contributed by atoms with van der Waals surface area (Å²) in [5.74, 6) is -14.3. The molecule has 0 spiro atoms. The van der Waals surface area contributed by atoms with Crippen LogP contribution in [0.1, 0.15) is 219 Å². The van der Waals surface area contributed by atoms with Gasteiger partial charge >= 0.3 is 59.0 Å². The molecule has 10 rings (SSSR count). The van der Waals surface area contributed by atoms with Crippen LogP contribution in [-0.4, -0.2) is 337 Å². The normalized spacial score (nSPS) is 16.0. The SMILES string of the molecule is [B]Cc1c(C[B])c(C[B])c(C(=O)OC23CC4CC(C2)CC(C(=O)OCC(F)(F)S(=O)(=O)[O-])(C4)C3)c(C(=O)O)c1C[B].[B]Cc1c(C[B])c(C[B])c(C(=O)Oc2ccc(C(=O)OCCS(=O)(=O)[O-])cc2)c(C(=O)O)c1C[B].[B]Cc1cc(C[B])c(C(=O)OCCS(=O)(=O)[O-])c(C[B])c1O.[B]Cc1cc(C[B])c(CC(CC)C(=O)OCCS(=O)(=O)[O-])c(C[B])c1O.[B]Cc1cc(C[B])c(O)c(C(=O)OCCS(=O)(=O)[O-])c1. The Bertz CT molecular complexity index is 6300. The van der Waals surface area contributed by atoms with E-state index in [0.717, 1.165) is 5.56 Å². The Morgan fingerprint density at radius 1 is 0.403 bits per heavy atom. The quantitative estimate of drug-likeness (QED) is 0.0109. The second-order valence-electron chi connectivity index (χ2n) is 32.6. The summed E-state index contributed by atoms with van der Waals surface area (Å²) in [6.07, 6.45) is 1.31. The van der Waals surface area contributed by atoms with Gasteiger partial charge in [-0.2, -0.15) is 8.78 Å². The molecule has 6 aromatic carbocycles. The van der Waals surface area contributed by atoms with Gasteiger partial charge < -0.3 is 81.5 Å². The first-order valence-corrected chi connectivity index (χ1v) is 51.1. The van der Waals surface area contributed by atoms with Crippen molar-refractivity contribution in [3.05, 3.63) is 182 Å². The Hall–Kier alpha value is -9.60. The number of hydrogen-bond donors (Lipinski definition) is 5. The molecule has 3 unspecified atom stereocenters. The fourth-order valence-corrected chi connectivity index (χ4v) is 18.5. The molecule has 0 heterocycles. The number of carbonyl (C=O) groups is 9. The molecule has 0 aromatic heterocycles. The van der Waals surface area contributed by atoms with Crippen molar-refractivity contribution in [1.82, 2.24) is 0 Å². The number of carboxylic acid groups (broad SMARTS) is 2. The minimum absolute atomic E-state index is 0.00507. The zero-order chi connectivity index (χ0) is 109. The molecule has 32 radical (unpaired) electrons. The topological polar surface area (TPSA) is 605 Å². The molecular formula is C85H85B16F2O36S5-5. The second-order valence-corrected chi connectivity index (χ2v) is 40.2. The number of esters is 7. The van der Waals surface area contributed by atoms with Crippen LogP contribution >= 0.6 is 0 Å². The van der Waals surface area contributed by atoms with Crippen LogP contribution < -0.4 is 4.74 Å². The van der Waals surface area contributed by atoms with E-state index in [1.807, 2.05) is 0 Å². The Labute approximate surface area is 854 Å². The third kappa shape index (κ3) is 33.2. The fourth-order valence-electron chi connectivity index (χ4n) is 17.2. The first kappa shape index (κ1) is 125. The van der Waals surface area contributed by atoms with Crippen LogP contribution in [0, 0.1) is 23.2 Å². The van der Waals surface area contributed by atoms with Gasteiger partial charge in [-0.1, -0.05) is 160 Å². The average Bonchev–Trinajstić information content (AvgIpc) is 0.711. The van der Waals surface area contributed by atoms with Gasteiger partial charge in [-0.25, -0.2) is 75.7 Å². The van der Waals surface area contributed by atoms with E-state index in [-0.39, 0.29) is 223 Å². The summed E-state index contributed by atoms with van der Waals surface area (Å²) in [6.45, 7) is -2.46. The van der Waals surface area contributed by atoms with Gasteiger partial charge in [-0.3, -0.25) is 9.59 Å².